The lowest BCUT2D eigenvalue weighted by atomic mass is 10.3. The lowest BCUT2D eigenvalue weighted by molar-refractivity contribution is -0.208. The van der Waals surface area contributed by atoms with E-state index in [9.17, 15) is 13.2 Å². The van der Waals surface area contributed by atoms with Crippen LogP contribution in [0.15, 0.2) is 12.4 Å². The van der Waals surface area contributed by atoms with Crippen LogP contribution < -0.4 is 0 Å². The minimum atomic E-state index is -4.59. The number of alkyl halides is 3. The van der Waals surface area contributed by atoms with Gasteiger partial charge in [-0.3, -0.25) is 4.68 Å². The normalized spacial score (nSPS) is 14.5. The molecule has 0 unspecified atom stereocenters. The summed E-state index contributed by atoms with van der Waals surface area (Å²) in [6.45, 7) is -0.563. The third-order valence-corrected chi connectivity index (χ3v) is 1.90. The van der Waals surface area contributed by atoms with Crippen molar-refractivity contribution >= 4 is 22.6 Å². The van der Waals surface area contributed by atoms with Gasteiger partial charge in [0, 0.05) is 6.20 Å². The summed E-state index contributed by atoms with van der Waals surface area (Å²) in [5.74, 6) is 0. The number of hydrogen-bond donors (Lipinski definition) is 1. The van der Waals surface area contributed by atoms with E-state index in [-0.39, 0.29) is 0 Å². The fourth-order valence-electron chi connectivity index (χ4n) is 0.719. The number of nitrogens with zero attached hydrogens (tertiary/aromatic N) is 2. The Morgan fingerprint density at radius 1 is 1.62 bits per heavy atom. The lowest BCUT2D eigenvalue weighted by Crippen LogP contribution is -2.32. The molecule has 0 aliphatic carbocycles. The quantitative estimate of drug-likeness (QED) is 0.839. The zero-order valence-corrected chi connectivity index (χ0v) is 8.45. The monoisotopic (exact) mass is 306 g/mol. The van der Waals surface area contributed by atoms with Crippen molar-refractivity contribution in [3.8, 4) is 0 Å². The minimum Gasteiger partial charge on any atom is -0.382 e. The highest BCUT2D eigenvalue weighted by Crippen LogP contribution is 2.21. The Kier molecular flexibility index (Phi) is 3.17. The second-order valence-electron chi connectivity index (χ2n) is 2.44. The summed E-state index contributed by atoms with van der Waals surface area (Å²) in [6.07, 6.45) is -4.10. The summed E-state index contributed by atoms with van der Waals surface area (Å²) < 4.78 is 37.3. The molecule has 13 heavy (non-hydrogen) atoms. The van der Waals surface area contributed by atoms with Gasteiger partial charge in [0.15, 0.2) is 6.10 Å². The lowest BCUT2D eigenvalue weighted by Gasteiger charge is -2.13. The van der Waals surface area contributed by atoms with E-state index in [4.69, 9.17) is 5.11 Å². The Balaban J connectivity index is 2.60. The maximum Gasteiger partial charge on any atom is 0.416 e. The van der Waals surface area contributed by atoms with Gasteiger partial charge < -0.3 is 5.11 Å². The first-order valence-corrected chi connectivity index (χ1v) is 4.40. The van der Waals surface area contributed by atoms with Gasteiger partial charge in [0.2, 0.25) is 0 Å². The summed E-state index contributed by atoms with van der Waals surface area (Å²) in [5, 5.41) is 12.3. The molecule has 1 aromatic rings. The average molecular weight is 306 g/mol. The van der Waals surface area contributed by atoms with Gasteiger partial charge >= 0.3 is 6.18 Å². The van der Waals surface area contributed by atoms with Crippen molar-refractivity contribution in [2.75, 3.05) is 0 Å². The highest BCUT2D eigenvalue weighted by Gasteiger charge is 2.38. The predicted octanol–water partition coefficient (Wildman–Crippen LogP) is 1.41. The van der Waals surface area contributed by atoms with Crippen molar-refractivity contribution in [2.24, 2.45) is 0 Å². The van der Waals surface area contributed by atoms with Gasteiger partial charge in [0.1, 0.15) is 0 Å². The first kappa shape index (κ1) is 10.8. The van der Waals surface area contributed by atoms with E-state index in [1.54, 1.807) is 0 Å². The van der Waals surface area contributed by atoms with Crippen LogP contribution in [0, 0.1) is 3.57 Å². The van der Waals surface area contributed by atoms with Crippen molar-refractivity contribution < 1.29 is 18.3 Å². The molecule has 0 aromatic carbocycles. The summed E-state index contributed by atoms with van der Waals surface area (Å²) >= 11 is 1.92. The molecule has 74 valence electrons. The zero-order valence-electron chi connectivity index (χ0n) is 6.29. The Morgan fingerprint density at radius 3 is 2.62 bits per heavy atom. The number of aromatic nitrogens is 2. The van der Waals surface area contributed by atoms with Gasteiger partial charge in [-0.15, -0.1) is 0 Å². The van der Waals surface area contributed by atoms with Crippen LogP contribution >= 0.6 is 22.6 Å². The summed E-state index contributed by atoms with van der Waals surface area (Å²) in [4.78, 5) is 0. The average Bonchev–Trinajstić information content (AvgIpc) is 2.33. The molecule has 0 aliphatic rings. The predicted molar refractivity (Wildman–Crippen MR) is 47.0 cm³/mol. The third kappa shape index (κ3) is 3.14. The topological polar surface area (TPSA) is 38.0 Å². The van der Waals surface area contributed by atoms with Crippen LogP contribution in [0.2, 0.25) is 0 Å². The maximum atomic E-state index is 11.8. The molecule has 0 spiro atoms. The number of aliphatic hydroxyl groups excluding tert-OH is 1. The first-order valence-electron chi connectivity index (χ1n) is 3.32. The molecule has 7 heteroatoms. The van der Waals surface area contributed by atoms with Gasteiger partial charge in [0.05, 0.1) is 16.3 Å². The molecule has 1 heterocycles. The zero-order chi connectivity index (χ0) is 10.1. The van der Waals surface area contributed by atoms with Gasteiger partial charge in [-0.2, -0.15) is 18.3 Å². The molecule has 0 saturated carbocycles. The smallest absolute Gasteiger partial charge is 0.382 e. The standard InChI is InChI=1S/C6H6F3IN2O/c7-6(8,9)5(13)3-12-2-4(10)1-11-12/h1-2,5,13H,3H2/t5-/m1/s1. The fraction of sp³-hybridized carbons (Fsp3) is 0.500. The van der Waals surface area contributed by atoms with Crippen molar-refractivity contribution in [2.45, 2.75) is 18.8 Å². The molecule has 1 aromatic heterocycles. The molecule has 0 radical (unpaired) electrons. The molecule has 0 amide bonds. The van der Waals surface area contributed by atoms with Crippen LogP contribution in [0.4, 0.5) is 13.2 Å². The molecule has 3 nitrogen and oxygen atoms in total. The number of hydrogen-bond acceptors (Lipinski definition) is 2. The number of halogens is 4. The molecule has 0 fully saturated rings. The summed E-state index contributed by atoms with van der Waals surface area (Å²) in [7, 11) is 0. The van der Waals surface area contributed by atoms with Crippen LogP contribution in [0.1, 0.15) is 0 Å². The van der Waals surface area contributed by atoms with Crippen LogP contribution in [-0.4, -0.2) is 27.2 Å². The Morgan fingerprint density at radius 2 is 2.23 bits per heavy atom. The van der Waals surface area contributed by atoms with Crippen molar-refractivity contribution in [3.05, 3.63) is 16.0 Å². The van der Waals surface area contributed by atoms with Crippen molar-refractivity contribution in [3.63, 3.8) is 0 Å². The molecule has 0 aliphatic heterocycles. The second kappa shape index (κ2) is 3.82. The fourth-order valence-corrected chi connectivity index (χ4v) is 1.16. The van der Waals surface area contributed by atoms with E-state index in [1.807, 2.05) is 22.6 Å². The molecular formula is C6H6F3IN2O. The highest BCUT2D eigenvalue weighted by atomic mass is 127. The van der Waals surface area contributed by atoms with Crippen LogP contribution in [0.5, 0.6) is 0 Å². The molecular weight excluding hydrogens is 300 g/mol. The second-order valence-corrected chi connectivity index (χ2v) is 3.68. The Hall–Kier alpha value is -0.310. The van der Waals surface area contributed by atoms with Crippen LogP contribution in [-0.2, 0) is 6.54 Å². The molecule has 1 N–H and O–H groups in total. The molecule has 0 saturated heterocycles. The van der Waals surface area contributed by atoms with Gasteiger partial charge in [-0.1, -0.05) is 0 Å². The van der Waals surface area contributed by atoms with E-state index in [1.165, 1.54) is 12.4 Å². The SMILES string of the molecule is O[C@H](Cn1cc(I)cn1)C(F)(F)F. The van der Waals surface area contributed by atoms with Crippen molar-refractivity contribution in [1.29, 1.82) is 0 Å². The van der Waals surface area contributed by atoms with Crippen LogP contribution in [0.3, 0.4) is 0 Å². The highest BCUT2D eigenvalue weighted by molar-refractivity contribution is 14.1. The van der Waals surface area contributed by atoms with E-state index in [0.29, 0.717) is 0 Å². The van der Waals surface area contributed by atoms with E-state index in [2.05, 4.69) is 5.10 Å². The van der Waals surface area contributed by atoms with E-state index < -0.39 is 18.8 Å². The largest absolute Gasteiger partial charge is 0.416 e. The summed E-state index contributed by atoms with van der Waals surface area (Å²) in [6, 6.07) is 0. The first-order chi connectivity index (χ1) is 5.89. The minimum absolute atomic E-state index is 0.563. The maximum absolute atomic E-state index is 11.8. The van der Waals surface area contributed by atoms with Gasteiger partial charge in [0.25, 0.3) is 0 Å². The van der Waals surface area contributed by atoms with E-state index >= 15 is 0 Å². The number of aliphatic hydroxyl groups is 1. The van der Waals surface area contributed by atoms with Gasteiger partial charge in [-0.25, -0.2) is 0 Å². The Labute approximate surface area is 85.7 Å². The molecule has 1 atom stereocenters. The Bertz CT molecular complexity index is 286. The summed E-state index contributed by atoms with van der Waals surface area (Å²) in [5.41, 5.74) is 0. The van der Waals surface area contributed by atoms with E-state index in [0.717, 1.165) is 8.25 Å². The van der Waals surface area contributed by atoms with Crippen molar-refractivity contribution in [1.82, 2.24) is 9.78 Å². The third-order valence-electron chi connectivity index (χ3n) is 1.34. The van der Waals surface area contributed by atoms with Gasteiger partial charge in [-0.05, 0) is 22.6 Å². The number of rotatable bonds is 2. The molecule has 1 rings (SSSR count). The van der Waals surface area contributed by atoms with Crippen LogP contribution in [0.25, 0.3) is 0 Å². The molecule has 0 bridgehead atoms.